The number of Topliss-reactive ketones (excluding diaryl/α,β-unsaturated/α-hetero) is 1. The van der Waals surface area contributed by atoms with Crippen molar-refractivity contribution in [2.75, 3.05) is 13.7 Å². The number of nitrogens with one attached hydrogen (secondary N) is 1. The van der Waals surface area contributed by atoms with Crippen LogP contribution in [0, 0.1) is 0 Å². The zero-order valence-corrected chi connectivity index (χ0v) is 15.5. The van der Waals surface area contributed by atoms with Gasteiger partial charge >= 0.3 is 12.1 Å². The van der Waals surface area contributed by atoms with Crippen LogP contribution in [0.3, 0.4) is 0 Å². The Morgan fingerprint density at radius 1 is 1.22 bits per heavy atom. The number of allylic oxidation sites excluding steroid dienone is 2. The SMILES string of the molecule is COC(=O)C1=C(C)NC(C)=C(C(=O)CO)C1c1ccc(Cl)c(C(F)(F)F)c1. The van der Waals surface area contributed by atoms with Gasteiger partial charge in [0.15, 0.2) is 5.78 Å². The Kier molecular flexibility index (Phi) is 6.01. The smallest absolute Gasteiger partial charge is 0.417 e. The van der Waals surface area contributed by atoms with Crippen LogP contribution < -0.4 is 5.32 Å². The van der Waals surface area contributed by atoms with Crippen LogP contribution in [0.2, 0.25) is 5.02 Å². The van der Waals surface area contributed by atoms with Crippen molar-refractivity contribution in [2.45, 2.75) is 25.9 Å². The molecule has 1 heterocycles. The average molecular weight is 404 g/mol. The van der Waals surface area contributed by atoms with Crippen molar-refractivity contribution in [1.82, 2.24) is 5.32 Å². The van der Waals surface area contributed by atoms with E-state index in [0.717, 1.165) is 19.2 Å². The second kappa shape index (κ2) is 7.74. The minimum atomic E-state index is -4.72. The van der Waals surface area contributed by atoms with E-state index in [9.17, 15) is 27.9 Å². The van der Waals surface area contributed by atoms with Gasteiger partial charge in [-0.15, -0.1) is 0 Å². The van der Waals surface area contributed by atoms with Crippen LogP contribution in [-0.4, -0.2) is 30.6 Å². The third kappa shape index (κ3) is 4.01. The predicted octanol–water partition coefficient (Wildman–Crippen LogP) is 3.33. The highest BCUT2D eigenvalue weighted by atomic mass is 35.5. The van der Waals surface area contributed by atoms with Crippen LogP contribution in [0.5, 0.6) is 0 Å². The number of alkyl halides is 3. The fourth-order valence-electron chi connectivity index (χ4n) is 3.10. The number of aliphatic hydroxyl groups is 1. The lowest BCUT2D eigenvalue weighted by atomic mass is 9.78. The number of esters is 1. The molecule has 2 N–H and O–H groups in total. The van der Waals surface area contributed by atoms with Crippen molar-refractivity contribution >= 4 is 23.4 Å². The Morgan fingerprint density at radius 3 is 2.33 bits per heavy atom. The minimum Gasteiger partial charge on any atom is -0.466 e. The molecule has 0 saturated carbocycles. The molecule has 0 amide bonds. The summed E-state index contributed by atoms with van der Waals surface area (Å²) in [7, 11) is 1.13. The number of rotatable bonds is 4. The van der Waals surface area contributed by atoms with Gasteiger partial charge in [0, 0.05) is 22.9 Å². The molecule has 1 aliphatic heterocycles. The third-order valence-corrected chi connectivity index (χ3v) is 4.57. The van der Waals surface area contributed by atoms with Gasteiger partial charge < -0.3 is 15.2 Å². The molecule has 5 nitrogen and oxygen atoms in total. The molecule has 0 aromatic heterocycles. The van der Waals surface area contributed by atoms with Gasteiger partial charge in [-0.1, -0.05) is 17.7 Å². The number of benzene rings is 1. The lowest BCUT2D eigenvalue weighted by Gasteiger charge is -2.31. The zero-order valence-electron chi connectivity index (χ0n) is 14.7. The van der Waals surface area contributed by atoms with Gasteiger partial charge in [0.05, 0.1) is 23.3 Å². The maximum atomic E-state index is 13.3. The Balaban J connectivity index is 2.78. The largest absolute Gasteiger partial charge is 0.466 e. The lowest BCUT2D eigenvalue weighted by Crippen LogP contribution is -2.32. The summed E-state index contributed by atoms with van der Waals surface area (Å²) in [5.41, 5.74) is -0.427. The minimum absolute atomic E-state index is 0.0149. The Hall–Kier alpha value is -2.32. The standard InChI is InChI=1S/C18H17ClF3NO4/c1-8-14(13(25)7-24)16(15(9(2)23-8)17(26)27-3)10-4-5-12(19)11(6-10)18(20,21)22/h4-6,16,23-24H,7H2,1-3H3. The van der Waals surface area contributed by atoms with Gasteiger partial charge in [-0.25, -0.2) is 4.79 Å². The van der Waals surface area contributed by atoms with Gasteiger partial charge in [0.25, 0.3) is 0 Å². The molecule has 2 rings (SSSR count). The van der Waals surface area contributed by atoms with E-state index in [-0.39, 0.29) is 16.7 Å². The maximum Gasteiger partial charge on any atom is 0.417 e. The van der Waals surface area contributed by atoms with Crippen molar-refractivity contribution in [2.24, 2.45) is 0 Å². The second-order valence-corrected chi connectivity index (χ2v) is 6.35. The van der Waals surface area contributed by atoms with Crippen LogP contribution in [0.25, 0.3) is 0 Å². The number of methoxy groups -OCH3 is 1. The van der Waals surface area contributed by atoms with E-state index in [4.69, 9.17) is 16.3 Å². The van der Waals surface area contributed by atoms with Crippen molar-refractivity contribution in [3.05, 3.63) is 56.9 Å². The molecule has 1 unspecified atom stereocenters. The summed E-state index contributed by atoms with van der Waals surface area (Å²) in [6, 6.07) is 3.16. The summed E-state index contributed by atoms with van der Waals surface area (Å²) in [6.45, 7) is 2.22. The first-order valence-corrected chi connectivity index (χ1v) is 8.18. The van der Waals surface area contributed by atoms with Crippen molar-refractivity contribution in [1.29, 1.82) is 0 Å². The second-order valence-electron chi connectivity index (χ2n) is 5.95. The van der Waals surface area contributed by atoms with Gasteiger partial charge in [-0.2, -0.15) is 13.2 Å². The van der Waals surface area contributed by atoms with Gasteiger partial charge in [-0.3, -0.25) is 4.79 Å². The number of ketones is 1. The van der Waals surface area contributed by atoms with E-state index in [1.165, 1.54) is 13.0 Å². The van der Waals surface area contributed by atoms with Gasteiger partial charge in [-0.05, 0) is 31.5 Å². The van der Waals surface area contributed by atoms with Crippen molar-refractivity contribution < 1.29 is 32.6 Å². The molecule has 1 aromatic carbocycles. The molecule has 9 heteroatoms. The van der Waals surface area contributed by atoms with Crippen LogP contribution >= 0.6 is 11.6 Å². The number of hydrogen-bond donors (Lipinski definition) is 2. The van der Waals surface area contributed by atoms with Crippen LogP contribution in [0.4, 0.5) is 13.2 Å². The molecule has 0 radical (unpaired) electrons. The Labute approximate surface area is 158 Å². The summed E-state index contributed by atoms with van der Waals surface area (Å²) in [6.07, 6.45) is -4.72. The predicted molar refractivity (Wildman–Crippen MR) is 91.8 cm³/mol. The molecule has 1 aromatic rings. The topological polar surface area (TPSA) is 75.6 Å². The highest BCUT2D eigenvalue weighted by Gasteiger charge is 2.39. The highest BCUT2D eigenvalue weighted by molar-refractivity contribution is 6.31. The Bertz CT molecular complexity index is 821. The summed E-state index contributed by atoms with van der Waals surface area (Å²) in [5.74, 6) is -2.66. The average Bonchev–Trinajstić information content (AvgIpc) is 2.59. The molecule has 0 spiro atoms. The van der Waals surface area contributed by atoms with Crippen molar-refractivity contribution in [3.63, 3.8) is 0 Å². The Morgan fingerprint density at radius 2 is 1.81 bits per heavy atom. The summed E-state index contributed by atoms with van der Waals surface area (Å²) >= 11 is 5.67. The summed E-state index contributed by atoms with van der Waals surface area (Å²) in [4.78, 5) is 24.6. The van der Waals surface area contributed by atoms with Crippen LogP contribution in [-0.2, 0) is 20.5 Å². The summed E-state index contributed by atoms with van der Waals surface area (Å²) < 4.78 is 44.6. The first kappa shape index (κ1) is 21.0. The quantitative estimate of drug-likeness (QED) is 0.754. The van der Waals surface area contributed by atoms with E-state index in [1.54, 1.807) is 6.92 Å². The number of ether oxygens (including phenoxy) is 1. The fraction of sp³-hybridized carbons (Fsp3) is 0.333. The molecule has 0 bridgehead atoms. The van der Waals surface area contributed by atoms with Gasteiger partial charge in [0.2, 0.25) is 0 Å². The molecular formula is C18H17ClF3NO4. The van der Waals surface area contributed by atoms with Gasteiger partial charge in [0.1, 0.15) is 6.61 Å². The summed E-state index contributed by atoms with van der Waals surface area (Å²) in [5, 5.41) is 11.6. The molecule has 1 atom stereocenters. The lowest BCUT2D eigenvalue weighted by molar-refractivity contribution is -0.137. The molecule has 0 saturated heterocycles. The van der Waals surface area contributed by atoms with E-state index >= 15 is 0 Å². The normalized spacial score (nSPS) is 17.7. The maximum absolute atomic E-state index is 13.3. The molecule has 27 heavy (non-hydrogen) atoms. The zero-order chi connectivity index (χ0) is 20.5. The van der Waals surface area contributed by atoms with Crippen molar-refractivity contribution in [3.8, 4) is 0 Å². The molecular weight excluding hydrogens is 387 g/mol. The number of hydrogen-bond acceptors (Lipinski definition) is 5. The van der Waals surface area contributed by atoms with E-state index in [1.807, 2.05) is 0 Å². The van der Waals surface area contributed by atoms with E-state index < -0.39 is 41.0 Å². The number of aliphatic hydroxyl groups excluding tert-OH is 1. The van der Waals surface area contributed by atoms with Crippen LogP contribution in [0.15, 0.2) is 40.7 Å². The number of carbonyl (C=O) groups excluding carboxylic acids is 2. The molecule has 146 valence electrons. The number of halogens is 4. The van der Waals surface area contributed by atoms with E-state index in [0.29, 0.717) is 11.4 Å². The number of carbonyl (C=O) groups is 2. The molecule has 0 aliphatic carbocycles. The first-order chi connectivity index (χ1) is 12.5. The highest BCUT2D eigenvalue weighted by Crippen LogP contribution is 2.42. The first-order valence-electron chi connectivity index (χ1n) is 7.80. The monoisotopic (exact) mass is 403 g/mol. The fourth-order valence-corrected chi connectivity index (χ4v) is 3.33. The molecule has 0 fully saturated rings. The number of dihydropyridines is 1. The van der Waals surface area contributed by atoms with Crippen LogP contribution in [0.1, 0.15) is 30.9 Å². The molecule has 1 aliphatic rings. The third-order valence-electron chi connectivity index (χ3n) is 4.24. The van der Waals surface area contributed by atoms with E-state index in [2.05, 4.69) is 5.32 Å².